The molecule has 2 aromatic carbocycles. The molecule has 0 radical (unpaired) electrons. The maximum atomic E-state index is 11.9. The maximum absolute atomic E-state index is 11.9. The first kappa shape index (κ1) is 18.4. The number of hydrogen-bond acceptors (Lipinski definition) is 4. The van der Waals surface area contributed by atoms with Gasteiger partial charge >= 0.3 is 0 Å². The Hall–Kier alpha value is -2.96. The summed E-state index contributed by atoms with van der Waals surface area (Å²) >= 11 is 0. The molecule has 2 N–H and O–H groups in total. The molecule has 1 atom stereocenters. The summed E-state index contributed by atoms with van der Waals surface area (Å²) in [5.74, 6) is 0.609. The fourth-order valence-electron chi connectivity index (χ4n) is 3.22. The van der Waals surface area contributed by atoms with Crippen LogP contribution in [0.15, 0.2) is 54.6 Å². The largest absolute Gasteiger partial charge is 0.350 e. The maximum Gasteiger partial charge on any atom is 0.267 e. The average Bonchev–Trinajstić information content (AvgIpc) is 3.14. The number of nitrogens with zero attached hydrogens (tertiary/aromatic N) is 1. The van der Waals surface area contributed by atoms with Gasteiger partial charge < -0.3 is 9.72 Å². The second-order valence-corrected chi connectivity index (χ2v) is 6.84. The lowest BCUT2D eigenvalue weighted by atomic mass is 10.1. The molecule has 1 fully saturated rings. The Morgan fingerprint density at radius 2 is 2.18 bits per heavy atom. The molecule has 144 valence electrons. The van der Waals surface area contributed by atoms with E-state index >= 15 is 0 Å². The molecule has 3 aromatic rings. The Morgan fingerprint density at radius 1 is 1.25 bits per heavy atom. The van der Waals surface area contributed by atoms with E-state index in [9.17, 15) is 4.79 Å². The number of imidazole rings is 1. The molecule has 6 heteroatoms. The third-order valence-electron chi connectivity index (χ3n) is 4.62. The van der Waals surface area contributed by atoms with Crippen molar-refractivity contribution in [1.29, 1.82) is 0 Å². The number of carbonyl (C=O) groups excluding carboxylic acids is 1. The summed E-state index contributed by atoms with van der Waals surface area (Å²) in [6, 6.07) is 16.0. The number of ether oxygens (including phenoxy) is 1. The minimum absolute atomic E-state index is 0.308. The molecule has 0 aliphatic carbocycles. The molecule has 1 aromatic heterocycles. The number of amides is 1. The van der Waals surface area contributed by atoms with Gasteiger partial charge in [-0.25, -0.2) is 15.3 Å². The summed E-state index contributed by atoms with van der Waals surface area (Å²) < 4.78 is 5.42. The van der Waals surface area contributed by atoms with Gasteiger partial charge in [-0.1, -0.05) is 36.4 Å². The van der Waals surface area contributed by atoms with Gasteiger partial charge in [0, 0.05) is 25.5 Å². The van der Waals surface area contributed by atoms with Gasteiger partial charge in [0.2, 0.25) is 0 Å². The van der Waals surface area contributed by atoms with Gasteiger partial charge in [0.25, 0.3) is 5.91 Å². The highest BCUT2D eigenvalue weighted by Crippen LogP contribution is 2.15. The summed E-state index contributed by atoms with van der Waals surface area (Å²) in [7, 11) is 0. The molecular formula is C22H23N3O3. The van der Waals surface area contributed by atoms with Gasteiger partial charge in [-0.2, -0.15) is 0 Å². The third-order valence-corrected chi connectivity index (χ3v) is 4.62. The predicted octanol–water partition coefficient (Wildman–Crippen LogP) is 3.74. The van der Waals surface area contributed by atoms with Crippen molar-refractivity contribution in [3.63, 3.8) is 0 Å². The van der Waals surface area contributed by atoms with E-state index in [-0.39, 0.29) is 12.2 Å². The molecule has 4 rings (SSSR count). The first-order valence-electron chi connectivity index (χ1n) is 9.54. The minimum Gasteiger partial charge on any atom is -0.350 e. The first-order chi connectivity index (χ1) is 13.8. The number of fused-ring (bicyclic) bond motifs is 1. The molecule has 2 heterocycles. The normalized spacial score (nSPS) is 17.2. The van der Waals surface area contributed by atoms with Crippen molar-refractivity contribution in [2.45, 2.75) is 32.0 Å². The quantitative estimate of drug-likeness (QED) is 0.507. The van der Waals surface area contributed by atoms with Crippen molar-refractivity contribution in [2.75, 3.05) is 6.61 Å². The number of H-pyrrole nitrogens is 1. The van der Waals surface area contributed by atoms with Crippen LogP contribution in [0.25, 0.3) is 17.1 Å². The van der Waals surface area contributed by atoms with Crippen molar-refractivity contribution in [1.82, 2.24) is 15.4 Å². The summed E-state index contributed by atoms with van der Waals surface area (Å²) in [5, 5.41) is 0. The Morgan fingerprint density at radius 3 is 3.04 bits per heavy atom. The molecule has 0 saturated carbocycles. The van der Waals surface area contributed by atoms with Crippen molar-refractivity contribution >= 4 is 23.0 Å². The van der Waals surface area contributed by atoms with Crippen molar-refractivity contribution in [2.24, 2.45) is 0 Å². The minimum atomic E-state index is -0.349. The van der Waals surface area contributed by atoms with E-state index in [4.69, 9.17) is 9.57 Å². The number of rotatable bonds is 6. The van der Waals surface area contributed by atoms with Gasteiger partial charge in [0.05, 0.1) is 11.0 Å². The Balaban J connectivity index is 1.34. The van der Waals surface area contributed by atoms with E-state index < -0.39 is 0 Å². The zero-order valence-corrected chi connectivity index (χ0v) is 15.6. The van der Waals surface area contributed by atoms with E-state index in [0.717, 1.165) is 47.2 Å². The number of hydrogen-bond donors (Lipinski definition) is 2. The lowest BCUT2D eigenvalue weighted by molar-refractivity contribution is -0.198. The molecule has 6 nitrogen and oxygen atoms in total. The van der Waals surface area contributed by atoms with E-state index in [0.29, 0.717) is 13.0 Å². The van der Waals surface area contributed by atoms with Gasteiger partial charge in [0.1, 0.15) is 5.82 Å². The number of carbonyl (C=O) groups is 1. The van der Waals surface area contributed by atoms with Crippen LogP contribution in [0, 0.1) is 0 Å². The van der Waals surface area contributed by atoms with Crippen LogP contribution in [-0.2, 0) is 20.8 Å². The lowest BCUT2D eigenvalue weighted by Gasteiger charge is -2.21. The van der Waals surface area contributed by atoms with E-state index in [1.54, 1.807) is 6.08 Å². The summed E-state index contributed by atoms with van der Waals surface area (Å²) in [4.78, 5) is 25.2. The summed E-state index contributed by atoms with van der Waals surface area (Å²) in [6.45, 7) is 0.675. The highest BCUT2D eigenvalue weighted by atomic mass is 16.8. The molecular weight excluding hydrogens is 354 g/mol. The second-order valence-electron chi connectivity index (χ2n) is 6.84. The van der Waals surface area contributed by atoms with Crippen LogP contribution in [0.1, 0.15) is 36.2 Å². The van der Waals surface area contributed by atoms with Crippen molar-refractivity contribution < 1.29 is 14.4 Å². The van der Waals surface area contributed by atoms with Crippen LogP contribution < -0.4 is 5.48 Å². The van der Waals surface area contributed by atoms with Crippen molar-refractivity contribution in [3.05, 3.63) is 71.6 Å². The van der Waals surface area contributed by atoms with Crippen LogP contribution in [0.4, 0.5) is 0 Å². The molecule has 1 amide bonds. The standard InChI is InChI=1S/C22H23N3O3/c26-21(25-28-22-10-3-4-13-27-22)12-11-16-6-5-7-17(14-16)15-20-23-18-8-1-2-9-19(18)24-20/h1-2,5-9,11-12,14,22H,3-4,10,13,15H2,(H,23,24)(H,25,26)/b12-11+. The smallest absolute Gasteiger partial charge is 0.267 e. The van der Waals surface area contributed by atoms with Gasteiger partial charge in [-0.3, -0.25) is 4.79 Å². The van der Waals surface area contributed by atoms with Gasteiger partial charge in [-0.15, -0.1) is 0 Å². The molecule has 1 unspecified atom stereocenters. The predicted molar refractivity (Wildman–Crippen MR) is 107 cm³/mol. The fourth-order valence-corrected chi connectivity index (χ4v) is 3.22. The number of para-hydroxylation sites is 2. The van der Waals surface area contributed by atoms with E-state index in [1.165, 1.54) is 6.08 Å². The van der Waals surface area contributed by atoms with Crippen LogP contribution in [-0.4, -0.2) is 28.8 Å². The summed E-state index contributed by atoms with van der Waals surface area (Å²) in [5.41, 5.74) is 6.49. The van der Waals surface area contributed by atoms with Gasteiger partial charge in [-0.05, 0) is 42.2 Å². The SMILES string of the molecule is O=C(/C=C/c1cccc(Cc2nc3ccccc3[nH]2)c1)NOC1CCCCO1. The number of aromatic amines is 1. The monoisotopic (exact) mass is 377 g/mol. The molecule has 1 aliphatic heterocycles. The van der Waals surface area contributed by atoms with Crippen LogP contribution in [0.5, 0.6) is 0 Å². The number of hydroxylamine groups is 1. The second kappa shape index (κ2) is 8.82. The van der Waals surface area contributed by atoms with Crippen LogP contribution in [0.3, 0.4) is 0 Å². The zero-order chi connectivity index (χ0) is 19.2. The molecule has 28 heavy (non-hydrogen) atoms. The number of benzene rings is 2. The average molecular weight is 377 g/mol. The van der Waals surface area contributed by atoms with Gasteiger partial charge in [0.15, 0.2) is 6.29 Å². The molecule has 0 spiro atoms. The first-order valence-corrected chi connectivity index (χ1v) is 9.54. The van der Waals surface area contributed by atoms with Crippen LogP contribution in [0.2, 0.25) is 0 Å². The molecule has 1 saturated heterocycles. The Bertz CT molecular complexity index is 941. The Kier molecular flexibility index (Phi) is 5.80. The lowest BCUT2D eigenvalue weighted by Crippen LogP contribution is -2.32. The number of aromatic nitrogens is 2. The van der Waals surface area contributed by atoms with Crippen molar-refractivity contribution in [3.8, 4) is 0 Å². The van der Waals surface area contributed by atoms with E-state index in [1.807, 2.05) is 48.5 Å². The Labute approximate surface area is 163 Å². The highest BCUT2D eigenvalue weighted by Gasteiger charge is 2.14. The molecule has 1 aliphatic rings. The third kappa shape index (κ3) is 4.85. The highest BCUT2D eigenvalue weighted by molar-refractivity contribution is 5.90. The molecule has 0 bridgehead atoms. The summed E-state index contributed by atoms with van der Waals surface area (Å²) in [6.07, 6.45) is 6.47. The zero-order valence-electron chi connectivity index (χ0n) is 15.6. The topological polar surface area (TPSA) is 76.2 Å². The van der Waals surface area contributed by atoms with Crippen LogP contribution >= 0.6 is 0 Å². The van der Waals surface area contributed by atoms with E-state index in [2.05, 4.69) is 15.4 Å². The number of nitrogens with one attached hydrogen (secondary N) is 2. The fraction of sp³-hybridized carbons (Fsp3) is 0.273.